The second kappa shape index (κ2) is 9.25. The summed E-state index contributed by atoms with van der Waals surface area (Å²) in [6.07, 6.45) is 0. The monoisotopic (exact) mass is 396 g/mol. The van der Waals surface area contributed by atoms with E-state index in [1.165, 1.54) is 6.07 Å². The predicted octanol–water partition coefficient (Wildman–Crippen LogP) is 3.72. The normalized spacial score (nSPS) is 10.7. The highest BCUT2D eigenvalue weighted by molar-refractivity contribution is 6.05. The van der Waals surface area contributed by atoms with Crippen LogP contribution in [0.2, 0.25) is 0 Å². The Labute approximate surface area is 168 Å². The van der Waals surface area contributed by atoms with E-state index in [1.54, 1.807) is 37.4 Å². The molecule has 0 aliphatic heterocycles. The van der Waals surface area contributed by atoms with Crippen LogP contribution in [-0.4, -0.2) is 31.2 Å². The molecule has 1 aromatic heterocycles. The Morgan fingerprint density at radius 2 is 1.76 bits per heavy atom. The number of H-pyrrole nitrogens is 1. The molecule has 152 valence electrons. The number of amides is 1. The molecule has 0 aliphatic carbocycles. The van der Waals surface area contributed by atoms with Gasteiger partial charge in [-0.25, -0.2) is 0 Å². The van der Waals surface area contributed by atoms with Gasteiger partial charge in [0.2, 0.25) is 5.56 Å². The summed E-state index contributed by atoms with van der Waals surface area (Å²) in [5, 5.41) is 3.72. The minimum Gasteiger partial charge on any atom is -0.490 e. The third-order valence-corrected chi connectivity index (χ3v) is 4.29. The zero-order chi connectivity index (χ0) is 20.8. The van der Waals surface area contributed by atoms with Crippen molar-refractivity contribution < 1.29 is 19.0 Å². The van der Waals surface area contributed by atoms with Crippen LogP contribution in [0.15, 0.2) is 47.3 Å². The first kappa shape index (κ1) is 20.4. The van der Waals surface area contributed by atoms with Crippen LogP contribution in [0.3, 0.4) is 0 Å². The second-order valence-electron chi connectivity index (χ2n) is 6.33. The lowest BCUT2D eigenvalue weighted by atomic mass is 10.1. The van der Waals surface area contributed by atoms with E-state index in [0.29, 0.717) is 48.1 Å². The molecule has 7 heteroatoms. The van der Waals surface area contributed by atoms with Crippen LogP contribution in [0, 0.1) is 0 Å². The summed E-state index contributed by atoms with van der Waals surface area (Å²) in [6, 6.07) is 11.9. The first-order valence-electron chi connectivity index (χ1n) is 9.41. The molecule has 3 aromatic rings. The van der Waals surface area contributed by atoms with E-state index in [2.05, 4.69) is 10.3 Å². The van der Waals surface area contributed by atoms with Crippen LogP contribution >= 0.6 is 0 Å². The smallest absolute Gasteiger partial charge is 0.255 e. The molecule has 0 bridgehead atoms. The van der Waals surface area contributed by atoms with Crippen LogP contribution in [0.1, 0.15) is 29.8 Å². The van der Waals surface area contributed by atoms with Crippen molar-refractivity contribution in [2.45, 2.75) is 20.5 Å². The summed E-state index contributed by atoms with van der Waals surface area (Å²) < 4.78 is 16.3. The highest BCUT2D eigenvalue weighted by Gasteiger charge is 2.13. The van der Waals surface area contributed by atoms with Crippen molar-refractivity contribution in [3.63, 3.8) is 0 Å². The van der Waals surface area contributed by atoms with Gasteiger partial charge in [0.1, 0.15) is 0 Å². The lowest BCUT2D eigenvalue weighted by Gasteiger charge is -2.13. The molecule has 0 unspecified atom stereocenters. The number of anilines is 1. The fraction of sp³-hybridized carbons (Fsp3) is 0.273. The van der Waals surface area contributed by atoms with E-state index in [0.717, 1.165) is 10.9 Å². The number of nitrogens with one attached hydrogen (secondary N) is 2. The summed E-state index contributed by atoms with van der Waals surface area (Å²) in [7, 11) is 1.58. The number of rotatable bonds is 8. The Balaban J connectivity index is 1.87. The highest BCUT2D eigenvalue weighted by Crippen LogP contribution is 2.29. The van der Waals surface area contributed by atoms with E-state index in [1.807, 2.05) is 19.9 Å². The number of carbonyl (C=O) groups excluding carboxylic acids is 1. The largest absolute Gasteiger partial charge is 0.490 e. The molecule has 0 fully saturated rings. The van der Waals surface area contributed by atoms with Crippen molar-refractivity contribution in [3.8, 4) is 11.5 Å². The molecule has 1 heterocycles. The number of fused-ring (bicyclic) bond motifs is 1. The van der Waals surface area contributed by atoms with Crippen LogP contribution in [0.5, 0.6) is 11.5 Å². The zero-order valence-electron chi connectivity index (χ0n) is 16.7. The van der Waals surface area contributed by atoms with Gasteiger partial charge in [-0.15, -0.1) is 0 Å². The molecule has 7 nitrogen and oxygen atoms in total. The molecule has 0 saturated carbocycles. The maximum Gasteiger partial charge on any atom is 0.255 e. The zero-order valence-corrected chi connectivity index (χ0v) is 16.7. The first-order valence-corrected chi connectivity index (χ1v) is 9.41. The second-order valence-corrected chi connectivity index (χ2v) is 6.33. The standard InChI is InChI=1S/C22H24N2O5/c1-4-28-19-9-6-14(10-20(19)29-5-2)22(26)23-16-7-8-17-15(13-27-3)11-21(25)24-18(17)12-16/h6-12H,4-5,13H2,1-3H3,(H,23,26)(H,24,25). The van der Waals surface area contributed by atoms with E-state index in [9.17, 15) is 9.59 Å². The maximum absolute atomic E-state index is 12.7. The van der Waals surface area contributed by atoms with Crippen molar-refractivity contribution >= 4 is 22.5 Å². The number of methoxy groups -OCH3 is 1. The summed E-state index contributed by atoms with van der Waals surface area (Å²) in [5.74, 6) is 0.831. The lowest BCUT2D eigenvalue weighted by Crippen LogP contribution is -2.13. The van der Waals surface area contributed by atoms with Gasteiger partial charge < -0.3 is 24.5 Å². The summed E-state index contributed by atoms with van der Waals surface area (Å²) in [4.78, 5) is 27.4. The van der Waals surface area contributed by atoms with Crippen molar-refractivity contribution in [2.75, 3.05) is 25.6 Å². The van der Waals surface area contributed by atoms with Crippen molar-refractivity contribution in [1.82, 2.24) is 4.98 Å². The molecular weight excluding hydrogens is 372 g/mol. The fourth-order valence-corrected chi connectivity index (χ4v) is 3.08. The highest BCUT2D eigenvalue weighted by atomic mass is 16.5. The molecule has 29 heavy (non-hydrogen) atoms. The molecule has 0 aliphatic rings. The number of carbonyl (C=O) groups is 1. The SMILES string of the molecule is CCOc1ccc(C(=O)Nc2ccc3c(COC)cc(=O)[nH]c3c2)cc1OCC. The molecule has 0 spiro atoms. The minimum absolute atomic E-state index is 0.221. The van der Waals surface area contributed by atoms with Gasteiger partial charge in [0, 0.05) is 29.8 Å². The van der Waals surface area contributed by atoms with Gasteiger partial charge in [0.05, 0.1) is 25.3 Å². The summed E-state index contributed by atoms with van der Waals surface area (Å²) in [6.45, 7) is 5.06. The summed E-state index contributed by atoms with van der Waals surface area (Å²) in [5.41, 5.74) is 2.21. The Morgan fingerprint density at radius 3 is 2.48 bits per heavy atom. The van der Waals surface area contributed by atoms with Crippen molar-refractivity contribution in [1.29, 1.82) is 0 Å². The molecule has 0 saturated heterocycles. The van der Waals surface area contributed by atoms with Crippen LogP contribution in [0.25, 0.3) is 10.9 Å². The van der Waals surface area contributed by atoms with E-state index in [-0.39, 0.29) is 11.5 Å². The lowest BCUT2D eigenvalue weighted by molar-refractivity contribution is 0.102. The Morgan fingerprint density at radius 1 is 1.00 bits per heavy atom. The quantitative estimate of drug-likeness (QED) is 0.606. The molecule has 0 radical (unpaired) electrons. The molecule has 0 atom stereocenters. The average Bonchev–Trinajstić information content (AvgIpc) is 2.69. The fourth-order valence-electron chi connectivity index (χ4n) is 3.08. The van der Waals surface area contributed by atoms with Gasteiger partial charge in [-0.05, 0) is 49.7 Å². The Hall–Kier alpha value is -3.32. The minimum atomic E-state index is -0.288. The van der Waals surface area contributed by atoms with E-state index >= 15 is 0 Å². The van der Waals surface area contributed by atoms with Crippen molar-refractivity contribution in [2.24, 2.45) is 0 Å². The Kier molecular flexibility index (Phi) is 6.51. The molecular formula is C22H24N2O5. The number of aromatic nitrogens is 1. The Bertz CT molecular complexity index is 1070. The van der Waals surface area contributed by atoms with Gasteiger partial charge in [-0.1, -0.05) is 6.07 Å². The van der Waals surface area contributed by atoms with Gasteiger partial charge in [0.15, 0.2) is 11.5 Å². The van der Waals surface area contributed by atoms with Crippen LogP contribution < -0.4 is 20.3 Å². The number of hydrogen-bond donors (Lipinski definition) is 2. The van der Waals surface area contributed by atoms with Crippen LogP contribution in [0.4, 0.5) is 5.69 Å². The van der Waals surface area contributed by atoms with Crippen molar-refractivity contribution in [3.05, 3.63) is 63.9 Å². The average molecular weight is 396 g/mol. The third-order valence-electron chi connectivity index (χ3n) is 4.29. The summed E-state index contributed by atoms with van der Waals surface area (Å²) >= 11 is 0. The number of ether oxygens (including phenoxy) is 3. The van der Waals surface area contributed by atoms with Gasteiger partial charge in [-0.3, -0.25) is 9.59 Å². The molecule has 3 rings (SSSR count). The van der Waals surface area contributed by atoms with Gasteiger partial charge in [0.25, 0.3) is 5.91 Å². The van der Waals surface area contributed by atoms with Gasteiger partial charge >= 0.3 is 0 Å². The number of pyridine rings is 1. The third kappa shape index (κ3) is 4.75. The van der Waals surface area contributed by atoms with E-state index in [4.69, 9.17) is 14.2 Å². The predicted molar refractivity (Wildman–Crippen MR) is 112 cm³/mol. The molecule has 1 amide bonds. The topological polar surface area (TPSA) is 89.6 Å². The number of hydrogen-bond acceptors (Lipinski definition) is 5. The molecule has 2 aromatic carbocycles. The van der Waals surface area contributed by atoms with Gasteiger partial charge in [-0.2, -0.15) is 0 Å². The molecule has 2 N–H and O–H groups in total. The maximum atomic E-state index is 12.7. The number of aromatic amines is 1. The van der Waals surface area contributed by atoms with Crippen LogP contribution in [-0.2, 0) is 11.3 Å². The van der Waals surface area contributed by atoms with E-state index < -0.39 is 0 Å². The number of benzene rings is 2. The first-order chi connectivity index (χ1) is 14.0.